The van der Waals surface area contributed by atoms with Crippen LogP contribution in [0.1, 0.15) is 22.3 Å². The van der Waals surface area contributed by atoms with Gasteiger partial charge in [-0.1, -0.05) is 12.1 Å². The van der Waals surface area contributed by atoms with Crippen LogP contribution in [0.25, 0.3) is 0 Å². The number of benzene rings is 2. The number of sulfone groups is 1. The lowest BCUT2D eigenvalue weighted by atomic mass is 10.1. The third-order valence-electron chi connectivity index (χ3n) is 3.90. The predicted molar refractivity (Wildman–Crippen MR) is 87.1 cm³/mol. The molecule has 1 aliphatic rings. The molecule has 0 fully saturated rings. The van der Waals surface area contributed by atoms with Gasteiger partial charge >= 0.3 is 5.97 Å². The predicted octanol–water partition coefficient (Wildman–Crippen LogP) is 2.33. The largest absolute Gasteiger partial charge is 0.481 e. The molecule has 0 atom stereocenters. The summed E-state index contributed by atoms with van der Waals surface area (Å²) >= 11 is 0. The van der Waals surface area contributed by atoms with Crippen LogP contribution >= 0.6 is 0 Å². The van der Waals surface area contributed by atoms with E-state index in [4.69, 9.17) is 15.6 Å². The molecule has 3 rings (SSSR count). The van der Waals surface area contributed by atoms with Crippen LogP contribution in [0.5, 0.6) is 11.5 Å². The van der Waals surface area contributed by atoms with E-state index in [1.54, 1.807) is 32.0 Å². The van der Waals surface area contributed by atoms with E-state index in [0.717, 1.165) is 5.56 Å². The summed E-state index contributed by atoms with van der Waals surface area (Å²) in [4.78, 5) is 11.2. The summed E-state index contributed by atoms with van der Waals surface area (Å²) in [5.41, 5.74) is 8.05. The Morgan fingerprint density at radius 1 is 1.04 bits per heavy atom. The Labute approximate surface area is 139 Å². The van der Waals surface area contributed by atoms with Crippen molar-refractivity contribution in [3.05, 3.63) is 46.5 Å². The van der Waals surface area contributed by atoms with Crippen LogP contribution in [-0.4, -0.2) is 19.5 Å². The molecule has 6 nitrogen and oxygen atoms in total. The number of aliphatic carboxylic acids is 1. The Morgan fingerprint density at radius 2 is 1.54 bits per heavy atom. The average molecular weight is 347 g/mol. The molecular formula is C17H17NO5S. The standard InChI is InChI=1S/C17H17NO5S/c1-9-3-11(7-15(19)20)16-13(5-9)24(21,22)14-6-10(2)4-12(8-18)17(14)23-16/h3-6H,7-8,18H2,1-2H3,(H,19,20). The van der Waals surface area contributed by atoms with Crippen molar-refractivity contribution in [2.45, 2.75) is 36.6 Å². The molecule has 2 aromatic rings. The number of carboxylic acids is 1. The number of carbonyl (C=O) groups is 1. The van der Waals surface area contributed by atoms with Crippen molar-refractivity contribution in [2.75, 3.05) is 0 Å². The van der Waals surface area contributed by atoms with Gasteiger partial charge in [0.25, 0.3) is 0 Å². The van der Waals surface area contributed by atoms with Gasteiger partial charge in [-0.25, -0.2) is 8.42 Å². The minimum Gasteiger partial charge on any atom is -0.481 e. The molecule has 1 aliphatic heterocycles. The highest BCUT2D eigenvalue weighted by molar-refractivity contribution is 7.91. The number of rotatable bonds is 3. The van der Waals surface area contributed by atoms with Crippen molar-refractivity contribution < 1.29 is 23.1 Å². The lowest BCUT2D eigenvalue weighted by molar-refractivity contribution is -0.136. The summed E-state index contributed by atoms with van der Waals surface area (Å²) in [6, 6.07) is 6.45. The highest BCUT2D eigenvalue weighted by Gasteiger charge is 2.35. The second-order valence-electron chi connectivity index (χ2n) is 5.88. The topological polar surface area (TPSA) is 107 Å². The van der Waals surface area contributed by atoms with E-state index in [0.29, 0.717) is 16.7 Å². The molecule has 126 valence electrons. The van der Waals surface area contributed by atoms with E-state index in [1.165, 1.54) is 6.07 Å². The number of hydrogen-bond donors (Lipinski definition) is 2. The number of ether oxygens (including phenoxy) is 1. The maximum absolute atomic E-state index is 13.0. The van der Waals surface area contributed by atoms with Crippen LogP contribution in [-0.2, 0) is 27.6 Å². The number of hydrogen-bond acceptors (Lipinski definition) is 5. The van der Waals surface area contributed by atoms with E-state index in [1.807, 2.05) is 0 Å². The van der Waals surface area contributed by atoms with Gasteiger partial charge in [0.15, 0.2) is 5.75 Å². The van der Waals surface area contributed by atoms with Crippen molar-refractivity contribution in [3.8, 4) is 11.5 Å². The van der Waals surface area contributed by atoms with E-state index in [2.05, 4.69) is 0 Å². The molecule has 0 radical (unpaired) electrons. The summed E-state index contributed by atoms with van der Waals surface area (Å²) in [6.07, 6.45) is -0.321. The van der Waals surface area contributed by atoms with Gasteiger partial charge in [0.2, 0.25) is 9.84 Å². The van der Waals surface area contributed by atoms with E-state index in [9.17, 15) is 13.2 Å². The molecule has 0 aromatic heterocycles. The first-order valence-electron chi connectivity index (χ1n) is 7.36. The second-order valence-corrected chi connectivity index (χ2v) is 7.77. The molecule has 0 saturated carbocycles. The van der Waals surface area contributed by atoms with E-state index in [-0.39, 0.29) is 34.3 Å². The quantitative estimate of drug-likeness (QED) is 0.753. The summed E-state index contributed by atoms with van der Waals surface area (Å²) in [5, 5.41) is 9.10. The molecule has 0 bridgehead atoms. The van der Waals surface area contributed by atoms with Gasteiger partial charge in [-0.15, -0.1) is 0 Å². The minimum atomic E-state index is -3.81. The maximum atomic E-state index is 13.0. The highest BCUT2D eigenvalue weighted by Crippen LogP contribution is 2.46. The molecule has 1 heterocycles. The van der Waals surface area contributed by atoms with Crippen LogP contribution in [0, 0.1) is 13.8 Å². The number of nitrogens with two attached hydrogens (primary N) is 1. The lowest BCUT2D eigenvalue weighted by Gasteiger charge is -2.25. The fourth-order valence-electron chi connectivity index (χ4n) is 2.92. The lowest BCUT2D eigenvalue weighted by Crippen LogP contribution is -2.16. The number of carboxylic acid groups (broad SMARTS) is 1. The first kappa shape index (κ1) is 16.5. The first-order valence-corrected chi connectivity index (χ1v) is 8.84. The Balaban J connectivity index is 2.33. The molecule has 0 amide bonds. The zero-order valence-electron chi connectivity index (χ0n) is 13.3. The summed E-state index contributed by atoms with van der Waals surface area (Å²) in [5.74, 6) is -0.794. The molecule has 7 heteroatoms. The van der Waals surface area contributed by atoms with Gasteiger partial charge in [0.1, 0.15) is 15.5 Å². The van der Waals surface area contributed by atoms with Gasteiger partial charge in [-0.3, -0.25) is 4.79 Å². The van der Waals surface area contributed by atoms with Crippen molar-refractivity contribution in [1.29, 1.82) is 0 Å². The third kappa shape index (κ3) is 2.55. The molecule has 24 heavy (non-hydrogen) atoms. The first-order chi connectivity index (χ1) is 11.2. The number of fused-ring (bicyclic) bond motifs is 2. The Hall–Kier alpha value is -2.38. The normalized spacial score (nSPS) is 14.5. The maximum Gasteiger partial charge on any atom is 0.307 e. The van der Waals surface area contributed by atoms with Crippen LogP contribution < -0.4 is 10.5 Å². The molecule has 0 saturated heterocycles. The van der Waals surface area contributed by atoms with Crippen molar-refractivity contribution in [1.82, 2.24) is 0 Å². The van der Waals surface area contributed by atoms with Crippen LogP contribution in [0.3, 0.4) is 0 Å². The fraction of sp³-hybridized carbons (Fsp3) is 0.235. The highest BCUT2D eigenvalue weighted by atomic mass is 32.2. The van der Waals surface area contributed by atoms with Gasteiger partial charge in [0, 0.05) is 17.7 Å². The molecule has 0 aliphatic carbocycles. The van der Waals surface area contributed by atoms with Gasteiger partial charge in [-0.05, 0) is 37.1 Å². The third-order valence-corrected chi connectivity index (χ3v) is 5.66. The van der Waals surface area contributed by atoms with Crippen LogP contribution in [0.2, 0.25) is 0 Å². The SMILES string of the molecule is Cc1cc(CN)c2c(c1)S(=O)(=O)c1cc(C)cc(CC(=O)O)c1O2. The Morgan fingerprint density at radius 3 is 2.04 bits per heavy atom. The molecule has 2 aromatic carbocycles. The zero-order valence-corrected chi connectivity index (χ0v) is 14.1. The van der Waals surface area contributed by atoms with Gasteiger partial charge in [0.05, 0.1) is 6.42 Å². The molecule has 0 spiro atoms. The average Bonchev–Trinajstić information content (AvgIpc) is 2.48. The number of aryl methyl sites for hydroxylation is 2. The van der Waals surface area contributed by atoms with Gasteiger partial charge in [-0.2, -0.15) is 0 Å². The fourth-order valence-corrected chi connectivity index (χ4v) is 4.68. The van der Waals surface area contributed by atoms with Crippen molar-refractivity contribution in [3.63, 3.8) is 0 Å². The summed E-state index contributed by atoms with van der Waals surface area (Å²) in [6.45, 7) is 3.63. The second kappa shape index (κ2) is 5.61. The molecular weight excluding hydrogens is 330 g/mol. The molecule has 0 unspecified atom stereocenters. The van der Waals surface area contributed by atoms with Crippen molar-refractivity contribution in [2.24, 2.45) is 5.73 Å². The smallest absolute Gasteiger partial charge is 0.307 e. The van der Waals surface area contributed by atoms with Crippen LogP contribution in [0.15, 0.2) is 34.1 Å². The van der Waals surface area contributed by atoms with E-state index < -0.39 is 15.8 Å². The minimum absolute atomic E-state index is 0.000165. The summed E-state index contributed by atoms with van der Waals surface area (Å²) < 4.78 is 31.9. The Bertz CT molecular complexity index is 963. The van der Waals surface area contributed by atoms with Crippen molar-refractivity contribution >= 4 is 15.8 Å². The monoisotopic (exact) mass is 347 g/mol. The zero-order chi connectivity index (χ0) is 17.6. The molecule has 3 N–H and O–H groups in total. The summed E-state index contributed by atoms with van der Waals surface area (Å²) in [7, 11) is -3.81. The van der Waals surface area contributed by atoms with E-state index >= 15 is 0 Å². The Kier molecular flexibility index (Phi) is 3.85. The van der Waals surface area contributed by atoms with Gasteiger partial charge < -0.3 is 15.6 Å². The van der Waals surface area contributed by atoms with Crippen LogP contribution in [0.4, 0.5) is 0 Å².